The van der Waals surface area contributed by atoms with Gasteiger partial charge in [0.1, 0.15) is 0 Å². The second-order valence-corrected chi connectivity index (χ2v) is 6.56. The van der Waals surface area contributed by atoms with Gasteiger partial charge in [-0.25, -0.2) is 0 Å². The Kier molecular flexibility index (Phi) is 4.68. The van der Waals surface area contributed by atoms with E-state index in [0.717, 1.165) is 12.5 Å². The SMILES string of the molecule is CC1CCN(c2ccc(Br)cc2CNC(C)C)C1. The van der Waals surface area contributed by atoms with Gasteiger partial charge < -0.3 is 10.2 Å². The smallest absolute Gasteiger partial charge is 0.0412 e. The van der Waals surface area contributed by atoms with E-state index in [-0.39, 0.29) is 0 Å². The maximum atomic E-state index is 3.58. The van der Waals surface area contributed by atoms with Crippen LogP contribution in [0.3, 0.4) is 0 Å². The van der Waals surface area contributed by atoms with Gasteiger partial charge in [-0.15, -0.1) is 0 Å². The van der Waals surface area contributed by atoms with Crippen LogP contribution < -0.4 is 10.2 Å². The summed E-state index contributed by atoms with van der Waals surface area (Å²) in [5.41, 5.74) is 2.79. The molecule has 1 N–H and O–H groups in total. The molecule has 100 valence electrons. The Balaban J connectivity index is 2.17. The van der Waals surface area contributed by atoms with E-state index in [4.69, 9.17) is 0 Å². The molecular weight excluding hydrogens is 288 g/mol. The highest BCUT2D eigenvalue weighted by atomic mass is 79.9. The predicted molar refractivity (Wildman–Crippen MR) is 82.1 cm³/mol. The van der Waals surface area contributed by atoms with Crippen LogP contribution in [0, 0.1) is 5.92 Å². The first-order valence-electron chi connectivity index (χ1n) is 6.83. The summed E-state index contributed by atoms with van der Waals surface area (Å²) in [6.45, 7) is 10.0. The molecule has 3 heteroatoms. The molecule has 0 amide bonds. The highest BCUT2D eigenvalue weighted by Gasteiger charge is 2.20. The molecule has 0 aromatic heterocycles. The van der Waals surface area contributed by atoms with Gasteiger partial charge in [0.25, 0.3) is 0 Å². The Morgan fingerprint density at radius 2 is 2.22 bits per heavy atom. The molecule has 18 heavy (non-hydrogen) atoms. The third-order valence-corrected chi connectivity index (χ3v) is 4.00. The van der Waals surface area contributed by atoms with Gasteiger partial charge in [0.2, 0.25) is 0 Å². The Bertz CT molecular complexity index is 403. The van der Waals surface area contributed by atoms with E-state index in [2.05, 4.69) is 65.1 Å². The summed E-state index contributed by atoms with van der Waals surface area (Å²) in [6.07, 6.45) is 1.31. The van der Waals surface area contributed by atoms with E-state index in [1.54, 1.807) is 0 Å². The third kappa shape index (κ3) is 3.48. The Morgan fingerprint density at radius 1 is 1.44 bits per heavy atom. The first-order valence-corrected chi connectivity index (χ1v) is 7.62. The van der Waals surface area contributed by atoms with Crippen molar-refractivity contribution >= 4 is 21.6 Å². The topological polar surface area (TPSA) is 15.3 Å². The van der Waals surface area contributed by atoms with Gasteiger partial charge in [0.15, 0.2) is 0 Å². The normalized spacial score (nSPS) is 19.8. The summed E-state index contributed by atoms with van der Waals surface area (Å²) in [5.74, 6) is 0.819. The molecule has 1 aromatic carbocycles. The number of hydrogen-bond acceptors (Lipinski definition) is 2. The van der Waals surface area contributed by atoms with Gasteiger partial charge in [-0.05, 0) is 36.1 Å². The van der Waals surface area contributed by atoms with Gasteiger partial charge in [-0.3, -0.25) is 0 Å². The van der Waals surface area contributed by atoms with E-state index in [1.807, 2.05) is 0 Å². The van der Waals surface area contributed by atoms with Crippen molar-refractivity contribution < 1.29 is 0 Å². The maximum Gasteiger partial charge on any atom is 0.0412 e. The molecule has 0 radical (unpaired) electrons. The van der Waals surface area contributed by atoms with Crippen molar-refractivity contribution in [3.63, 3.8) is 0 Å². The lowest BCUT2D eigenvalue weighted by Crippen LogP contribution is -2.25. The molecular formula is C15H23BrN2. The maximum absolute atomic E-state index is 3.58. The standard InChI is InChI=1S/C15H23BrN2/c1-11(2)17-9-13-8-14(16)4-5-15(13)18-7-6-12(3)10-18/h4-5,8,11-12,17H,6-7,9-10H2,1-3H3. The number of hydrogen-bond donors (Lipinski definition) is 1. The molecule has 1 unspecified atom stereocenters. The van der Waals surface area contributed by atoms with Crippen LogP contribution in [-0.4, -0.2) is 19.1 Å². The molecule has 1 fully saturated rings. The van der Waals surface area contributed by atoms with E-state index < -0.39 is 0 Å². The molecule has 1 heterocycles. The minimum atomic E-state index is 0.523. The summed E-state index contributed by atoms with van der Waals surface area (Å²) >= 11 is 3.58. The van der Waals surface area contributed by atoms with Crippen molar-refractivity contribution in [1.29, 1.82) is 0 Å². The number of anilines is 1. The van der Waals surface area contributed by atoms with Crippen molar-refractivity contribution in [2.45, 2.75) is 39.8 Å². The van der Waals surface area contributed by atoms with E-state index in [0.29, 0.717) is 6.04 Å². The zero-order valence-electron chi connectivity index (χ0n) is 11.5. The fourth-order valence-electron chi connectivity index (χ4n) is 2.47. The van der Waals surface area contributed by atoms with Gasteiger partial charge in [0, 0.05) is 35.8 Å². The van der Waals surface area contributed by atoms with Crippen molar-refractivity contribution in [3.8, 4) is 0 Å². The number of nitrogens with one attached hydrogen (secondary N) is 1. The second kappa shape index (κ2) is 6.07. The Labute approximate surface area is 119 Å². The first kappa shape index (κ1) is 13.9. The highest BCUT2D eigenvalue weighted by molar-refractivity contribution is 9.10. The van der Waals surface area contributed by atoms with Crippen LogP contribution in [0.5, 0.6) is 0 Å². The average molecular weight is 311 g/mol. The lowest BCUT2D eigenvalue weighted by molar-refractivity contribution is 0.588. The molecule has 2 rings (SSSR count). The number of rotatable bonds is 4. The van der Waals surface area contributed by atoms with Crippen LogP contribution >= 0.6 is 15.9 Å². The lowest BCUT2D eigenvalue weighted by Gasteiger charge is -2.23. The van der Waals surface area contributed by atoms with Crippen LogP contribution in [0.2, 0.25) is 0 Å². The molecule has 0 spiro atoms. The molecule has 2 nitrogen and oxygen atoms in total. The summed E-state index contributed by atoms with van der Waals surface area (Å²) in [4.78, 5) is 2.52. The molecule has 1 atom stereocenters. The molecule has 0 bridgehead atoms. The summed E-state index contributed by atoms with van der Waals surface area (Å²) in [7, 11) is 0. The molecule has 1 saturated heterocycles. The minimum absolute atomic E-state index is 0.523. The number of benzene rings is 1. The fraction of sp³-hybridized carbons (Fsp3) is 0.600. The zero-order chi connectivity index (χ0) is 13.1. The van der Waals surface area contributed by atoms with Crippen molar-refractivity contribution in [3.05, 3.63) is 28.2 Å². The third-order valence-electron chi connectivity index (χ3n) is 3.51. The van der Waals surface area contributed by atoms with Crippen LogP contribution in [0.1, 0.15) is 32.8 Å². The monoisotopic (exact) mass is 310 g/mol. The molecule has 0 saturated carbocycles. The largest absolute Gasteiger partial charge is 0.371 e. The number of nitrogens with zero attached hydrogens (tertiary/aromatic N) is 1. The van der Waals surface area contributed by atoms with E-state index in [9.17, 15) is 0 Å². The summed E-state index contributed by atoms with van der Waals surface area (Å²) in [5, 5.41) is 3.52. The Morgan fingerprint density at radius 3 is 2.83 bits per heavy atom. The molecule has 1 aromatic rings. The number of halogens is 1. The van der Waals surface area contributed by atoms with Gasteiger partial charge >= 0.3 is 0 Å². The van der Waals surface area contributed by atoms with Crippen LogP contribution in [0.25, 0.3) is 0 Å². The highest BCUT2D eigenvalue weighted by Crippen LogP contribution is 2.29. The van der Waals surface area contributed by atoms with Gasteiger partial charge in [-0.2, -0.15) is 0 Å². The van der Waals surface area contributed by atoms with Gasteiger partial charge in [-0.1, -0.05) is 36.7 Å². The van der Waals surface area contributed by atoms with Crippen molar-refractivity contribution in [2.75, 3.05) is 18.0 Å². The molecule has 1 aliphatic heterocycles. The minimum Gasteiger partial charge on any atom is -0.371 e. The quantitative estimate of drug-likeness (QED) is 0.910. The first-order chi connectivity index (χ1) is 8.56. The zero-order valence-corrected chi connectivity index (χ0v) is 13.1. The summed E-state index contributed by atoms with van der Waals surface area (Å²) in [6, 6.07) is 7.17. The van der Waals surface area contributed by atoms with Crippen molar-refractivity contribution in [1.82, 2.24) is 5.32 Å². The van der Waals surface area contributed by atoms with Gasteiger partial charge in [0.05, 0.1) is 0 Å². The van der Waals surface area contributed by atoms with Crippen LogP contribution in [-0.2, 0) is 6.54 Å². The van der Waals surface area contributed by atoms with Crippen LogP contribution in [0.4, 0.5) is 5.69 Å². The average Bonchev–Trinajstić information content (AvgIpc) is 2.73. The van der Waals surface area contributed by atoms with Crippen molar-refractivity contribution in [2.24, 2.45) is 5.92 Å². The summed E-state index contributed by atoms with van der Waals surface area (Å²) < 4.78 is 1.17. The molecule has 1 aliphatic rings. The van der Waals surface area contributed by atoms with E-state index in [1.165, 1.54) is 35.2 Å². The van der Waals surface area contributed by atoms with Crippen LogP contribution in [0.15, 0.2) is 22.7 Å². The Hall–Kier alpha value is -0.540. The second-order valence-electron chi connectivity index (χ2n) is 5.65. The van der Waals surface area contributed by atoms with E-state index >= 15 is 0 Å². The predicted octanol–water partition coefficient (Wildman–Crippen LogP) is 3.79. The fourth-order valence-corrected chi connectivity index (χ4v) is 2.88. The lowest BCUT2D eigenvalue weighted by atomic mass is 10.1. The molecule has 0 aliphatic carbocycles.